The van der Waals surface area contributed by atoms with Crippen LogP contribution in [0.15, 0.2) is 30.3 Å². The first-order valence-electron chi connectivity index (χ1n) is 13.4. The van der Waals surface area contributed by atoms with E-state index in [0.717, 1.165) is 23.3 Å². The van der Waals surface area contributed by atoms with E-state index in [0.29, 0.717) is 49.5 Å². The van der Waals surface area contributed by atoms with Crippen LogP contribution < -0.4 is 20.1 Å². The first kappa shape index (κ1) is 28.3. The minimum absolute atomic E-state index is 0. The molecule has 0 bridgehead atoms. The van der Waals surface area contributed by atoms with Crippen molar-refractivity contribution in [3.63, 3.8) is 0 Å². The zero-order valence-corrected chi connectivity index (χ0v) is 24.1. The normalized spacial score (nSPS) is 21.7. The van der Waals surface area contributed by atoms with Crippen molar-refractivity contribution in [1.29, 1.82) is 0 Å². The van der Waals surface area contributed by atoms with Gasteiger partial charge in [-0.25, -0.2) is 9.71 Å². The van der Waals surface area contributed by atoms with Gasteiger partial charge in [0.25, 0.3) is 5.91 Å². The van der Waals surface area contributed by atoms with Gasteiger partial charge in [0.15, 0.2) is 0 Å². The van der Waals surface area contributed by atoms with Crippen LogP contribution in [0.1, 0.15) is 66.2 Å². The van der Waals surface area contributed by atoms with Gasteiger partial charge in [0.05, 0.1) is 17.9 Å². The van der Waals surface area contributed by atoms with Crippen LogP contribution >= 0.6 is 0 Å². The fourth-order valence-corrected chi connectivity index (χ4v) is 6.61. The van der Waals surface area contributed by atoms with Gasteiger partial charge >= 0.3 is 10.2 Å². The molecule has 2 fully saturated rings. The average molecular weight is 548 g/mol. The maximum Gasteiger partial charge on any atom is 0.304 e. The van der Waals surface area contributed by atoms with E-state index in [2.05, 4.69) is 44.2 Å². The van der Waals surface area contributed by atoms with Crippen LogP contribution in [0.3, 0.4) is 0 Å². The Balaban J connectivity index is 0.00000280. The number of aryl methyl sites for hydroxylation is 1. The molecular weight excluding hydrogens is 502 g/mol. The molecule has 0 aliphatic carbocycles. The first-order chi connectivity index (χ1) is 17.7. The lowest BCUT2D eigenvalue weighted by Crippen LogP contribution is -2.44. The van der Waals surface area contributed by atoms with E-state index in [1.54, 1.807) is 12.1 Å². The number of amides is 1. The molecular formula is C28H45N5O4S. The number of carbonyl (C=O) groups excluding carboxylic acids is 1. The number of nitrogens with two attached hydrogens (primary N) is 1. The molecule has 2 aliphatic heterocycles. The van der Waals surface area contributed by atoms with Gasteiger partial charge < -0.3 is 15.4 Å². The van der Waals surface area contributed by atoms with Gasteiger partial charge in [-0.15, -0.1) is 0 Å². The molecule has 2 aliphatic rings. The Labute approximate surface area is 229 Å². The van der Waals surface area contributed by atoms with Crippen molar-refractivity contribution in [3.05, 3.63) is 41.5 Å². The molecule has 1 amide bonds. The molecule has 0 saturated carbocycles. The van der Waals surface area contributed by atoms with Gasteiger partial charge in [-0.3, -0.25) is 4.79 Å². The lowest BCUT2D eigenvalue weighted by molar-refractivity contribution is 0.0979. The van der Waals surface area contributed by atoms with Crippen LogP contribution in [0.4, 0.5) is 5.82 Å². The third-order valence-electron chi connectivity index (χ3n) is 7.13. The number of aromatic nitrogens is 1. The molecule has 0 spiro atoms. The second kappa shape index (κ2) is 10.8. The summed E-state index contributed by atoms with van der Waals surface area (Å²) in [6.07, 6.45) is 1.50. The molecule has 4 rings (SSSR count). The second-order valence-corrected chi connectivity index (χ2v) is 13.6. The summed E-state index contributed by atoms with van der Waals surface area (Å²) < 4.78 is 35.3. The lowest BCUT2D eigenvalue weighted by Gasteiger charge is -2.34. The summed E-state index contributed by atoms with van der Waals surface area (Å²) >= 11 is 0. The van der Waals surface area contributed by atoms with Crippen molar-refractivity contribution in [2.75, 3.05) is 31.1 Å². The molecule has 1 aromatic carbocycles. The zero-order chi connectivity index (χ0) is 27.8. The summed E-state index contributed by atoms with van der Waals surface area (Å²) in [6.45, 7) is 14.4. The van der Waals surface area contributed by atoms with Crippen molar-refractivity contribution in [1.82, 2.24) is 14.0 Å². The maximum atomic E-state index is 13.4. The summed E-state index contributed by atoms with van der Waals surface area (Å²) in [5, 5.41) is 0. The predicted octanol–water partition coefficient (Wildman–Crippen LogP) is 4.22. The standard InChI is InChI=1S/C28H41N5O4S.2H2/c1-18(2)17-37-23-12-19(3)11-21(13-23)25-8-7-24(26(30-25)33-15-20(4)14-28(33,5)6)27(34)31-38(35,36)32-10-9-22(29)16-32;;/h7-8,11-13,18,20,22H,9-10,14-17,29H2,1-6H3,(H,31,34);2*1H. The topological polar surface area (TPSA) is 118 Å². The van der Waals surface area contributed by atoms with Gasteiger partial charge in [0.1, 0.15) is 11.6 Å². The molecule has 1 aromatic heterocycles. The van der Waals surface area contributed by atoms with Gasteiger partial charge in [-0.05, 0) is 81.3 Å². The van der Waals surface area contributed by atoms with E-state index < -0.39 is 16.1 Å². The van der Waals surface area contributed by atoms with Crippen LogP contribution in [0.5, 0.6) is 5.75 Å². The van der Waals surface area contributed by atoms with Gasteiger partial charge in [-0.1, -0.05) is 20.8 Å². The lowest BCUT2D eigenvalue weighted by atomic mass is 9.97. The molecule has 2 aromatic rings. The Morgan fingerprint density at radius 1 is 1.26 bits per heavy atom. The third-order valence-corrected chi connectivity index (χ3v) is 8.58. The predicted molar refractivity (Wildman–Crippen MR) is 155 cm³/mol. The minimum Gasteiger partial charge on any atom is -0.493 e. The largest absolute Gasteiger partial charge is 0.493 e. The number of carbonyl (C=O) groups is 1. The summed E-state index contributed by atoms with van der Waals surface area (Å²) in [4.78, 5) is 20.5. The number of hydrogen-bond acceptors (Lipinski definition) is 7. The summed E-state index contributed by atoms with van der Waals surface area (Å²) in [6, 6.07) is 9.20. The summed E-state index contributed by atoms with van der Waals surface area (Å²) in [7, 11) is -4.02. The van der Waals surface area contributed by atoms with E-state index in [9.17, 15) is 13.2 Å². The molecule has 0 radical (unpaired) electrons. The molecule has 2 unspecified atom stereocenters. The van der Waals surface area contributed by atoms with Crippen LogP contribution in [-0.2, 0) is 10.2 Å². The van der Waals surface area contributed by atoms with Crippen molar-refractivity contribution in [3.8, 4) is 17.0 Å². The highest BCUT2D eigenvalue weighted by Gasteiger charge is 2.40. The van der Waals surface area contributed by atoms with E-state index in [1.165, 1.54) is 4.31 Å². The van der Waals surface area contributed by atoms with Crippen molar-refractivity contribution >= 4 is 21.9 Å². The van der Waals surface area contributed by atoms with E-state index in [1.807, 2.05) is 25.1 Å². The Morgan fingerprint density at radius 2 is 2.00 bits per heavy atom. The Hall–Kier alpha value is -2.69. The SMILES string of the molecule is Cc1cc(OCC(C)C)cc(-c2ccc(C(=O)NS(=O)(=O)N3CCC(N)C3)c(N3CC(C)CC3(C)C)n2)c1.[HH].[HH]. The first-order valence-corrected chi connectivity index (χ1v) is 14.8. The summed E-state index contributed by atoms with van der Waals surface area (Å²) in [5.41, 5.74) is 8.48. The van der Waals surface area contributed by atoms with E-state index in [4.69, 9.17) is 15.5 Å². The second-order valence-electron chi connectivity index (χ2n) is 11.9. The van der Waals surface area contributed by atoms with Gasteiger partial charge in [0, 0.05) is 39.6 Å². The number of nitrogens with one attached hydrogen (secondary N) is 1. The third kappa shape index (κ3) is 6.30. The molecule has 9 nitrogen and oxygen atoms in total. The number of nitrogens with zero attached hydrogens (tertiary/aromatic N) is 3. The van der Waals surface area contributed by atoms with Gasteiger partial charge in [0.2, 0.25) is 0 Å². The van der Waals surface area contributed by atoms with Crippen molar-refractivity contribution < 1.29 is 20.8 Å². The molecule has 2 saturated heterocycles. The highest BCUT2D eigenvalue weighted by molar-refractivity contribution is 7.87. The highest BCUT2D eigenvalue weighted by Crippen LogP contribution is 2.38. The monoisotopic (exact) mass is 547 g/mol. The molecule has 2 atom stereocenters. The summed E-state index contributed by atoms with van der Waals surface area (Å²) in [5.74, 6) is 1.35. The maximum absolute atomic E-state index is 13.4. The smallest absolute Gasteiger partial charge is 0.304 e. The van der Waals surface area contributed by atoms with Crippen LogP contribution in [-0.4, -0.2) is 61.4 Å². The number of benzene rings is 1. The highest BCUT2D eigenvalue weighted by atomic mass is 32.2. The van der Waals surface area contributed by atoms with Crippen LogP contribution in [0.2, 0.25) is 0 Å². The molecule has 212 valence electrons. The van der Waals surface area contributed by atoms with Crippen molar-refractivity contribution in [2.24, 2.45) is 17.6 Å². The fraction of sp³-hybridized carbons (Fsp3) is 0.571. The molecule has 10 heteroatoms. The van der Waals surface area contributed by atoms with E-state index >= 15 is 0 Å². The minimum atomic E-state index is -4.02. The van der Waals surface area contributed by atoms with Gasteiger partial charge in [-0.2, -0.15) is 12.7 Å². The Bertz CT molecular complexity index is 1310. The molecule has 3 N–H and O–H groups in total. The number of pyridine rings is 1. The van der Waals surface area contributed by atoms with Crippen LogP contribution in [0, 0.1) is 18.8 Å². The average Bonchev–Trinajstić information content (AvgIpc) is 3.38. The quantitative estimate of drug-likeness (QED) is 0.508. The molecule has 38 heavy (non-hydrogen) atoms. The van der Waals surface area contributed by atoms with E-state index in [-0.39, 0.29) is 26.5 Å². The number of hydrogen-bond donors (Lipinski definition) is 2. The zero-order valence-electron chi connectivity index (χ0n) is 23.3. The van der Waals surface area contributed by atoms with Crippen molar-refractivity contribution in [2.45, 2.75) is 66.0 Å². The van der Waals surface area contributed by atoms with Crippen LogP contribution in [0.25, 0.3) is 11.3 Å². The molecule has 3 heterocycles. The fourth-order valence-electron chi connectivity index (χ4n) is 5.40. The number of ether oxygens (including phenoxy) is 1. The number of rotatable bonds is 8. The Kier molecular flexibility index (Phi) is 8.07. The Morgan fingerprint density at radius 3 is 2.61 bits per heavy atom. The number of anilines is 1.